The zero-order valence-corrected chi connectivity index (χ0v) is 16.0. The van der Waals surface area contributed by atoms with Crippen molar-refractivity contribution in [2.24, 2.45) is 0 Å². The number of methoxy groups -OCH3 is 2. The molecule has 3 rings (SSSR count). The van der Waals surface area contributed by atoms with Crippen LogP contribution in [0.5, 0.6) is 11.5 Å². The first kappa shape index (κ1) is 17.2. The quantitative estimate of drug-likeness (QED) is 0.738. The lowest BCUT2D eigenvalue weighted by atomic mass is 10.0. The molecule has 8 heteroatoms. The van der Waals surface area contributed by atoms with Crippen LogP contribution in [0.1, 0.15) is 16.5 Å². The largest absolute Gasteiger partial charge is 0.493 e. The third-order valence-electron chi connectivity index (χ3n) is 3.47. The van der Waals surface area contributed by atoms with Gasteiger partial charge in [0.1, 0.15) is 10.9 Å². The third kappa shape index (κ3) is 3.13. The van der Waals surface area contributed by atoms with E-state index >= 15 is 0 Å². The summed E-state index contributed by atoms with van der Waals surface area (Å²) < 4.78 is 11.3. The monoisotopic (exact) mass is 424 g/mol. The second kappa shape index (κ2) is 7.08. The number of hydrogen-bond donors (Lipinski definition) is 1. The fourth-order valence-electron chi connectivity index (χ4n) is 2.31. The molecule has 0 unspecified atom stereocenters. The molecular formula is C16H13BrN2O3S2. The first-order valence-corrected chi connectivity index (χ1v) is 9.37. The molecule has 0 radical (unpaired) electrons. The van der Waals surface area contributed by atoms with Crippen molar-refractivity contribution in [3.05, 3.63) is 43.7 Å². The number of allylic oxidation sites excluding steroid dienone is 1. The van der Waals surface area contributed by atoms with Gasteiger partial charge >= 0.3 is 0 Å². The lowest BCUT2D eigenvalue weighted by Crippen LogP contribution is -2.11. The van der Waals surface area contributed by atoms with Gasteiger partial charge in [0.05, 0.1) is 24.2 Å². The molecule has 5 nitrogen and oxygen atoms in total. The Hall–Kier alpha value is -1.64. The van der Waals surface area contributed by atoms with E-state index in [1.165, 1.54) is 23.1 Å². The number of carbonyl (C=O) groups excluding carboxylic acids is 1. The summed E-state index contributed by atoms with van der Waals surface area (Å²) in [5.41, 5.74) is 0.788. The van der Waals surface area contributed by atoms with Crippen LogP contribution in [-0.4, -0.2) is 30.0 Å². The lowest BCUT2D eigenvalue weighted by Gasteiger charge is -2.10. The van der Waals surface area contributed by atoms with Crippen LogP contribution in [0.15, 0.2) is 33.1 Å². The highest BCUT2D eigenvalue weighted by Gasteiger charge is 2.38. The van der Waals surface area contributed by atoms with Gasteiger partial charge in [-0.2, -0.15) is 0 Å². The Bertz CT molecular complexity index is 834. The van der Waals surface area contributed by atoms with Gasteiger partial charge in [-0.1, -0.05) is 27.7 Å². The van der Waals surface area contributed by atoms with E-state index in [1.54, 1.807) is 38.6 Å². The molecule has 0 amide bonds. The minimum Gasteiger partial charge on any atom is -0.493 e. The van der Waals surface area contributed by atoms with E-state index in [1.807, 2.05) is 5.38 Å². The van der Waals surface area contributed by atoms with Crippen LogP contribution < -0.4 is 9.47 Å². The van der Waals surface area contributed by atoms with Gasteiger partial charge in [-0.25, -0.2) is 4.98 Å². The molecule has 1 saturated heterocycles. The Morgan fingerprint density at radius 1 is 1.29 bits per heavy atom. The smallest absolute Gasteiger partial charge is 0.186 e. The maximum atomic E-state index is 12.7. The summed E-state index contributed by atoms with van der Waals surface area (Å²) in [6.45, 7) is 0. The summed E-state index contributed by atoms with van der Waals surface area (Å²) in [6.07, 6.45) is 3.42. The molecule has 0 spiro atoms. The Kier molecular flexibility index (Phi) is 5.07. The molecule has 2 aromatic rings. The van der Waals surface area contributed by atoms with Crippen LogP contribution in [0.2, 0.25) is 0 Å². The van der Waals surface area contributed by atoms with E-state index in [2.05, 4.69) is 20.9 Å². The second-order valence-corrected chi connectivity index (χ2v) is 7.74. The van der Waals surface area contributed by atoms with E-state index < -0.39 is 5.92 Å². The highest BCUT2D eigenvalue weighted by atomic mass is 79.9. The molecule has 0 bridgehead atoms. The third-order valence-corrected chi connectivity index (χ3v) is 6.00. The molecule has 0 saturated carbocycles. The van der Waals surface area contributed by atoms with E-state index in [0.717, 1.165) is 10.0 Å². The average Bonchev–Trinajstić information content (AvgIpc) is 3.17. The molecule has 24 heavy (non-hydrogen) atoms. The van der Waals surface area contributed by atoms with Crippen molar-refractivity contribution in [1.82, 2.24) is 4.98 Å². The summed E-state index contributed by atoms with van der Waals surface area (Å²) in [5.74, 6) is 0.502. The van der Waals surface area contributed by atoms with Gasteiger partial charge in [0.2, 0.25) is 0 Å². The lowest BCUT2D eigenvalue weighted by molar-refractivity contribution is -0.114. The van der Waals surface area contributed by atoms with Crippen LogP contribution in [0, 0.1) is 5.41 Å². The Morgan fingerprint density at radius 2 is 2.00 bits per heavy atom. The number of benzene rings is 1. The Balaban J connectivity index is 1.98. The Labute approximate surface area is 155 Å². The van der Waals surface area contributed by atoms with Gasteiger partial charge in [-0.3, -0.25) is 10.2 Å². The predicted molar refractivity (Wildman–Crippen MR) is 100 cm³/mol. The molecule has 1 fully saturated rings. The zero-order valence-electron chi connectivity index (χ0n) is 12.8. The number of hydrogen-bond acceptors (Lipinski definition) is 7. The van der Waals surface area contributed by atoms with Crippen LogP contribution in [0.25, 0.3) is 6.08 Å². The van der Waals surface area contributed by atoms with E-state index in [-0.39, 0.29) is 5.78 Å². The number of thioether (sulfide) groups is 1. The second-order valence-electron chi connectivity index (χ2n) is 4.87. The molecule has 2 heterocycles. The number of nitrogens with zero attached hydrogens (tertiary/aromatic N) is 1. The number of aromatic nitrogens is 1. The highest BCUT2D eigenvalue weighted by Crippen LogP contribution is 2.42. The van der Waals surface area contributed by atoms with Gasteiger partial charge in [0.25, 0.3) is 0 Å². The standard InChI is InChI=1S/C16H13BrN2O3S2/c1-21-10-5-8(9(17)7-11(10)22-2)6-12-14(20)13(15(18)24-12)16-19-3-4-23-16/h3-7,13,18H,1-2H3/b12-6-,18-15?/t13-/m0/s1. The van der Waals surface area contributed by atoms with Crippen molar-refractivity contribution in [3.63, 3.8) is 0 Å². The molecule has 1 aliphatic rings. The van der Waals surface area contributed by atoms with Crippen molar-refractivity contribution in [2.45, 2.75) is 5.92 Å². The molecule has 1 N–H and O–H groups in total. The number of ether oxygens (including phenoxy) is 2. The summed E-state index contributed by atoms with van der Waals surface area (Å²) in [6, 6.07) is 3.59. The summed E-state index contributed by atoms with van der Waals surface area (Å²) in [4.78, 5) is 17.4. The molecule has 1 atom stereocenters. The molecular weight excluding hydrogens is 412 g/mol. The minimum atomic E-state index is -0.583. The number of ketones is 1. The number of nitrogens with one attached hydrogen (secondary N) is 1. The van der Waals surface area contributed by atoms with Crippen molar-refractivity contribution in [2.75, 3.05) is 14.2 Å². The van der Waals surface area contributed by atoms with Crippen LogP contribution in [0.4, 0.5) is 0 Å². The van der Waals surface area contributed by atoms with Crippen molar-refractivity contribution in [1.29, 1.82) is 5.41 Å². The molecule has 0 aliphatic carbocycles. The molecule has 124 valence electrons. The first-order valence-electron chi connectivity index (χ1n) is 6.88. The fraction of sp³-hybridized carbons (Fsp3) is 0.188. The molecule has 1 aromatic heterocycles. The van der Waals surface area contributed by atoms with Gasteiger partial charge < -0.3 is 9.47 Å². The van der Waals surface area contributed by atoms with Gasteiger partial charge in [0, 0.05) is 16.0 Å². The van der Waals surface area contributed by atoms with Gasteiger partial charge in [0.15, 0.2) is 17.3 Å². The van der Waals surface area contributed by atoms with Crippen LogP contribution in [-0.2, 0) is 4.79 Å². The summed E-state index contributed by atoms with van der Waals surface area (Å²) in [5, 5.41) is 10.9. The maximum absolute atomic E-state index is 12.7. The minimum absolute atomic E-state index is 0.0957. The molecule has 1 aromatic carbocycles. The van der Waals surface area contributed by atoms with Crippen molar-refractivity contribution in [3.8, 4) is 11.5 Å². The van der Waals surface area contributed by atoms with Crippen molar-refractivity contribution >= 4 is 55.9 Å². The number of halogens is 1. The predicted octanol–water partition coefficient (Wildman–Crippen LogP) is 4.34. The first-order chi connectivity index (χ1) is 11.5. The zero-order chi connectivity index (χ0) is 17.3. The topological polar surface area (TPSA) is 72.3 Å². The fourth-order valence-corrected chi connectivity index (χ4v) is 4.55. The van der Waals surface area contributed by atoms with E-state index in [4.69, 9.17) is 14.9 Å². The summed E-state index contributed by atoms with van der Waals surface area (Å²) >= 11 is 6.05. The maximum Gasteiger partial charge on any atom is 0.186 e. The normalized spacial score (nSPS) is 19.1. The van der Waals surface area contributed by atoms with Crippen LogP contribution in [0.3, 0.4) is 0 Å². The average molecular weight is 425 g/mol. The Morgan fingerprint density at radius 3 is 2.62 bits per heavy atom. The number of rotatable bonds is 4. The van der Waals surface area contributed by atoms with E-state index in [9.17, 15) is 4.79 Å². The van der Waals surface area contributed by atoms with Gasteiger partial charge in [-0.15, -0.1) is 11.3 Å². The van der Waals surface area contributed by atoms with Crippen LogP contribution >= 0.6 is 39.0 Å². The number of thiazole rings is 1. The highest BCUT2D eigenvalue weighted by molar-refractivity contribution is 9.10. The number of Topliss-reactive ketones (excluding diaryl/α,β-unsaturated/α-hetero) is 1. The molecule has 1 aliphatic heterocycles. The summed E-state index contributed by atoms with van der Waals surface area (Å²) in [7, 11) is 3.13. The van der Waals surface area contributed by atoms with Crippen molar-refractivity contribution < 1.29 is 14.3 Å². The van der Waals surface area contributed by atoms with E-state index in [0.29, 0.717) is 26.5 Å². The number of carbonyl (C=O) groups is 1. The van der Waals surface area contributed by atoms with Gasteiger partial charge in [-0.05, 0) is 23.8 Å². The SMILES string of the molecule is COc1cc(Br)c(/C=C2\SC(=N)[C@@H](c3nccs3)C2=O)cc1OC.